The lowest BCUT2D eigenvalue weighted by molar-refractivity contribution is -0.482. The van der Waals surface area contributed by atoms with Crippen molar-refractivity contribution >= 4 is 33.3 Å². The Labute approximate surface area is 234 Å². The van der Waals surface area contributed by atoms with Gasteiger partial charge in [0.05, 0.1) is 49.8 Å². The fourth-order valence-corrected chi connectivity index (χ4v) is 5.29. The number of pyridine rings is 1. The van der Waals surface area contributed by atoms with Gasteiger partial charge in [-0.3, -0.25) is 9.67 Å². The predicted molar refractivity (Wildman–Crippen MR) is 151 cm³/mol. The van der Waals surface area contributed by atoms with E-state index in [1.807, 2.05) is 53.3 Å². The first-order valence-electron chi connectivity index (χ1n) is 13.5. The Bertz CT molecular complexity index is 1870. The van der Waals surface area contributed by atoms with Gasteiger partial charge in [0.15, 0.2) is 11.5 Å². The third-order valence-electron chi connectivity index (χ3n) is 7.59. The number of ether oxygens (including phenoxy) is 3. The molecule has 3 saturated heterocycles. The molecule has 3 aliphatic heterocycles. The summed E-state index contributed by atoms with van der Waals surface area (Å²) in [5.74, 6) is 0.373. The molecule has 3 fully saturated rings. The molecular weight excluding hydrogens is 520 g/mol. The molecule has 4 aromatic heterocycles. The van der Waals surface area contributed by atoms with Crippen LogP contribution in [0.1, 0.15) is 18.2 Å². The molecule has 2 bridgehead atoms. The summed E-state index contributed by atoms with van der Waals surface area (Å²) in [5, 5.41) is 9.90. The van der Waals surface area contributed by atoms with E-state index in [1.54, 1.807) is 6.20 Å². The van der Waals surface area contributed by atoms with E-state index in [0.29, 0.717) is 54.9 Å². The average Bonchev–Trinajstić information content (AvgIpc) is 3.67. The summed E-state index contributed by atoms with van der Waals surface area (Å²) in [4.78, 5) is 13.5. The molecule has 0 atom stereocenters. The Morgan fingerprint density at radius 2 is 1.71 bits per heavy atom. The molecule has 0 radical (unpaired) electrons. The molecule has 3 aliphatic rings. The van der Waals surface area contributed by atoms with Crippen LogP contribution >= 0.6 is 0 Å². The van der Waals surface area contributed by atoms with Crippen LogP contribution in [-0.2, 0) is 26.7 Å². The van der Waals surface area contributed by atoms with Crippen molar-refractivity contribution in [1.82, 2.24) is 24.7 Å². The van der Waals surface area contributed by atoms with Gasteiger partial charge in [-0.2, -0.15) is 5.10 Å². The summed E-state index contributed by atoms with van der Waals surface area (Å²) in [6.07, 6.45) is 5.12. The van der Waals surface area contributed by atoms with Gasteiger partial charge >= 0.3 is 5.97 Å². The van der Waals surface area contributed by atoms with Gasteiger partial charge in [-0.1, -0.05) is 37.3 Å². The molecule has 204 valence electrons. The highest BCUT2D eigenvalue weighted by Gasteiger charge is 2.53. The van der Waals surface area contributed by atoms with Gasteiger partial charge in [0.25, 0.3) is 0 Å². The van der Waals surface area contributed by atoms with Crippen molar-refractivity contribution in [3.8, 4) is 11.5 Å². The molecule has 0 aliphatic carbocycles. The molecular formula is C31H26N6O4. The van der Waals surface area contributed by atoms with Crippen LogP contribution < -0.4 is 5.32 Å². The Kier molecular flexibility index (Phi) is 5.43. The normalized spacial score (nSPS) is 22.0. The molecule has 0 unspecified atom stereocenters. The number of hydrogen-bond donors (Lipinski definition) is 1. The molecule has 7 heterocycles. The Hall–Kier alpha value is -4.64. The van der Waals surface area contributed by atoms with Crippen molar-refractivity contribution in [2.45, 2.75) is 19.4 Å². The first kappa shape index (κ1) is 24.2. The van der Waals surface area contributed by atoms with Crippen molar-refractivity contribution in [3.05, 3.63) is 96.8 Å². The van der Waals surface area contributed by atoms with Gasteiger partial charge in [0.2, 0.25) is 0 Å². The molecule has 0 spiro atoms. The second kappa shape index (κ2) is 9.20. The summed E-state index contributed by atoms with van der Waals surface area (Å²) >= 11 is 0. The zero-order chi connectivity index (χ0) is 27.4. The fraction of sp³-hybridized carbons (Fsp3) is 0.226. The number of nitrogens with one attached hydrogen (secondary N) is 1. The molecule has 1 N–H and O–H groups in total. The van der Waals surface area contributed by atoms with Crippen LogP contribution in [0.4, 0.5) is 11.5 Å². The van der Waals surface area contributed by atoms with E-state index in [4.69, 9.17) is 18.6 Å². The molecule has 41 heavy (non-hydrogen) atoms. The average molecular weight is 547 g/mol. The highest BCUT2D eigenvalue weighted by Crippen LogP contribution is 2.45. The van der Waals surface area contributed by atoms with E-state index in [9.17, 15) is 0 Å². The third-order valence-corrected chi connectivity index (χ3v) is 7.59. The summed E-state index contributed by atoms with van der Waals surface area (Å²) in [6.45, 7) is 4.42. The summed E-state index contributed by atoms with van der Waals surface area (Å²) < 4.78 is 25.9. The quantitative estimate of drug-likeness (QED) is 0.285. The number of furan rings is 1. The van der Waals surface area contributed by atoms with Crippen molar-refractivity contribution in [3.63, 3.8) is 0 Å². The van der Waals surface area contributed by atoms with Crippen molar-refractivity contribution in [2.75, 3.05) is 25.1 Å². The molecule has 9 rings (SSSR count). The van der Waals surface area contributed by atoms with Gasteiger partial charge in [-0.25, -0.2) is 9.97 Å². The predicted octanol–water partition coefficient (Wildman–Crippen LogP) is 5.62. The summed E-state index contributed by atoms with van der Waals surface area (Å²) in [5.41, 5.74) is 4.36. The van der Waals surface area contributed by atoms with Crippen molar-refractivity contribution in [2.24, 2.45) is 5.41 Å². The first-order chi connectivity index (χ1) is 20.1. The SMILES string of the molecule is CC12COC(c3ccc(-c4cc5c(Nc6ccc7c(cnn7Cc7ccccc7)c6)ncnc5cn4)o3)(OC1)OC2. The molecule has 6 aromatic rings. The van der Waals surface area contributed by atoms with E-state index >= 15 is 0 Å². The topological polar surface area (TPSA) is 109 Å². The minimum absolute atomic E-state index is 0.131. The second-order valence-electron chi connectivity index (χ2n) is 10.9. The Balaban J connectivity index is 1.08. The maximum absolute atomic E-state index is 6.15. The zero-order valence-electron chi connectivity index (χ0n) is 22.3. The van der Waals surface area contributed by atoms with Crippen molar-refractivity contribution < 1.29 is 18.6 Å². The molecule has 0 saturated carbocycles. The second-order valence-corrected chi connectivity index (χ2v) is 10.9. The van der Waals surface area contributed by atoms with E-state index in [-0.39, 0.29) is 5.41 Å². The van der Waals surface area contributed by atoms with E-state index < -0.39 is 5.97 Å². The highest BCUT2D eigenvalue weighted by atomic mass is 16.9. The maximum atomic E-state index is 6.15. The lowest BCUT2D eigenvalue weighted by atomic mass is 9.91. The van der Waals surface area contributed by atoms with Crippen LogP contribution in [0.15, 0.2) is 89.9 Å². The lowest BCUT2D eigenvalue weighted by Crippen LogP contribution is -2.56. The zero-order valence-corrected chi connectivity index (χ0v) is 22.3. The smallest absolute Gasteiger partial charge is 0.346 e. The first-order valence-corrected chi connectivity index (χ1v) is 13.5. The number of fused-ring (bicyclic) bond motifs is 5. The lowest BCUT2D eigenvalue weighted by Gasteiger charge is -2.49. The van der Waals surface area contributed by atoms with Gasteiger partial charge in [-0.05, 0) is 42.0 Å². The minimum Gasteiger partial charge on any atom is -0.451 e. The van der Waals surface area contributed by atoms with Gasteiger partial charge in [0.1, 0.15) is 17.8 Å². The molecule has 10 heteroatoms. The highest BCUT2D eigenvalue weighted by molar-refractivity contribution is 5.93. The van der Waals surface area contributed by atoms with Gasteiger partial charge in [-0.15, -0.1) is 0 Å². The fourth-order valence-electron chi connectivity index (χ4n) is 5.29. The van der Waals surface area contributed by atoms with E-state index in [2.05, 4.69) is 56.6 Å². The largest absolute Gasteiger partial charge is 0.451 e. The number of rotatable bonds is 6. The standard InChI is InChI=1S/C31H26N6O4/c1-30-16-38-31(39-17-30,40-18-30)28-10-9-27(41-28)24-12-23-25(14-32-24)33-19-34-29(23)36-22-7-8-26-21(11-22)13-35-37(26)15-20-5-3-2-4-6-20/h2-14,19H,15-18H2,1H3,(H,33,34,36). The van der Waals surface area contributed by atoms with Crippen molar-refractivity contribution in [1.29, 1.82) is 0 Å². The molecule has 10 nitrogen and oxygen atoms in total. The van der Waals surface area contributed by atoms with Crippen LogP contribution in [0.5, 0.6) is 0 Å². The number of benzene rings is 2. The number of aromatic nitrogens is 5. The minimum atomic E-state index is -1.31. The van der Waals surface area contributed by atoms with Gasteiger partial charge < -0.3 is 23.9 Å². The number of hydrogen-bond acceptors (Lipinski definition) is 9. The van der Waals surface area contributed by atoms with Crippen LogP contribution in [0, 0.1) is 5.41 Å². The Morgan fingerprint density at radius 1 is 0.878 bits per heavy atom. The monoisotopic (exact) mass is 546 g/mol. The van der Waals surface area contributed by atoms with Crippen LogP contribution in [0.25, 0.3) is 33.3 Å². The van der Waals surface area contributed by atoms with E-state index in [1.165, 1.54) is 11.9 Å². The van der Waals surface area contributed by atoms with Crippen LogP contribution in [0.3, 0.4) is 0 Å². The summed E-state index contributed by atoms with van der Waals surface area (Å²) in [7, 11) is 0. The summed E-state index contributed by atoms with van der Waals surface area (Å²) in [6, 6.07) is 22.0. The number of nitrogens with zero attached hydrogens (tertiary/aromatic N) is 5. The van der Waals surface area contributed by atoms with Crippen LogP contribution in [-0.4, -0.2) is 44.6 Å². The molecule has 0 amide bonds. The number of anilines is 2. The molecule has 2 aromatic carbocycles. The van der Waals surface area contributed by atoms with E-state index in [0.717, 1.165) is 22.0 Å². The third kappa shape index (κ3) is 4.24. The van der Waals surface area contributed by atoms with Crippen LogP contribution in [0.2, 0.25) is 0 Å². The van der Waals surface area contributed by atoms with Gasteiger partial charge in [0, 0.05) is 21.9 Å². The Morgan fingerprint density at radius 3 is 2.54 bits per heavy atom. The maximum Gasteiger partial charge on any atom is 0.346 e.